The zero-order chi connectivity index (χ0) is 10.7. The van der Waals surface area contributed by atoms with Crippen LogP contribution in [-0.4, -0.2) is 50.0 Å². The second-order valence-corrected chi connectivity index (χ2v) is 3.91. The lowest BCUT2D eigenvalue weighted by atomic mass is 10.0. The zero-order valence-corrected chi connectivity index (χ0v) is 7.89. The molecule has 0 saturated carbocycles. The van der Waals surface area contributed by atoms with Crippen molar-refractivity contribution < 1.29 is 34.2 Å². The molecule has 2 atom stereocenters. The molecule has 13 heavy (non-hydrogen) atoms. The molecule has 0 aromatic rings. The van der Waals surface area contributed by atoms with Crippen LogP contribution >= 0.6 is 7.82 Å². The fourth-order valence-electron chi connectivity index (χ4n) is 0.660. The molecule has 0 saturated heterocycles. The molecule has 8 heteroatoms. The Bertz CT molecular complexity index is 201. The van der Waals surface area contributed by atoms with Gasteiger partial charge in [-0.1, -0.05) is 0 Å². The van der Waals surface area contributed by atoms with Gasteiger partial charge in [-0.05, 0) is 6.92 Å². The SMILES string of the molecule is CC(CO)(OP(=O)(O)O)C(O)CO. The molecule has 0 amide bonds. The molecule has 2 unspecified atom stereocenters. The summed E-state index contributed by atoms with van der Waals surface area (Å²) in [6, 6.07) is 0. The van der Waals surface area contributed by atoms with Crippen LogP contribution in [0.4, 0.5) is 0 Å². The topological polar surface area (TPSA) is 127 Å². The lowest BCUT2D eigenvalue weighted by Gasteiger charge is -2.31. The summed E-state index contributed by atoms with van der Waals surface area (Å²) < 4.78 is 14.5. The van der Waals surface area contributed by atoms with Crippen LogP contribution < -0.4 is 0 Å². The Morgan fingerprint density at radius 2 is 1.92 bits per heavy atom. The number of hydrogen-bond acceptors (Lipinski definition) is 5. The maximum atomic E-state index is 10.4. The first-order chi connectivity index (χ1) is 5.75. The van der Waals surface area contributed by atoms with Crippen molar-refractivity contribution in [1.82, 2.24) is 0 Å². The Labute approximate surface area is 74.8 Å². The summed E-state index contributed by atoms with van der Waals surface area (Å²) >= 11 is 0. The molecular formula is C5H13O7P. The van der Waals surface area contributed by atoms with Crippen molar-refractivity contribution in [3.8, 4) is 0 Å². The molecule has 0 aliphatic heterocycles. The van der Waals surface area contributed by atoms with E-state index in [1.165, 1.54) is 0 Å². The van der Waals surface area contributed by atoms with Crippen molar-refractivity contribution in [3.63, 3.8) is 0 Å². The lowest BCUT2D eigenvalue weighted by molar-refractivity contribution is -0.102. The van der Waals surface area contributed by atoms with E-state index in [1.807, 2.05) is 0 Å². The average Bonchev–Trinajstić information content (AvgIpc) is 1.99. The number of phosphoric ester groups is 1. The molecule has 5 N–H and O–H groups in total. The third-order valence-corrected chi connectivity index (χ3v) is 2.17. The van der Waals surface area contributed by atoms with Gasteiger partial charge in [-0.2, -0.15) is 0 Å². The lowest BCUT2D eigenvalue weighted by Crippen LogP contribution is -2.46. The summed E-state index contributed by atoms with van der Waals surface area (Å²) in [6.07, 6.45) is -1.56. The van der Waals surface area contributed by atoms with Gasteiger partial charge in [-0.3, -0.25) is 4.52 Å². The van der Waals surface area contributed by atoms with Crippen LogP contribution in [0.1, 0.15) is 6.92 Å². The minimum Gasteiger partial charge on any atom is -0.394 e. The minimum atomic E-state index is -4.80. The normalized spacial score (nSPS) is 19.5. The average molecular weight is 216 g/mol. The summed E-state index contributed by atoms with van der Waals surface area (Å²) in [4.78, 5) is 16.8. The fraction of sp³-hybridized carbons (Fsp3) is 1.00. The van der Waals surface area contributed by atoms with Gasteiger partial charge in [-0.25, -0.2) is 4.57 Å². The second-order valence-electron chi connectivity index (χ2n) is 2.75. The predicted octanol–water partition coefficient (Wildman–Crippen LogP) is -1.80. The minimum absolute atomic E-state index is 0.767. The van der Waals surface area contributed by atoms with Gasteiger partial charge in [-0.15, -0.1) is 0 Å². The van der Waals surface area contributed by atoms with E-state index in [-0.39, 0.29) is 0 Å². The van der Waals surface area contributed by atoms with Gasteiger partial charge in [0.15, 0.2) is 0 Å². The molecule has 0 fully saturated rings. The molecule has 0 aromatic heterocycles. The van der Waals surface area contributed by atoms with E-state index >= 15 is 0 Å². The first-order valence-corrected chi connectivity index (χ1v) is 4.94. The number of aliphatic hydroxyl groups excluding tert-OH is 3. The third kappa shape index (κ3) is 4.15. The van der Waals surface area contributed by atoms with Crippen molar-refractivity contribution in [2.24, 2.45) is 0 Å². The van der Waals surface area contributed by atoms with Crippen LogP contribution in [0.3, 0.4) is 0 Å². The highest BCUT2D eigenvalue weighted by molar-refractivity contribution is 7.46. The van der Waals surface area contributed by atoms with Gasteiger partial charge < -0.3 is 25.1 Å². The van der Waals surface area contributed by atoms with Crippen molar-refractivity contribution in [2.75, 3.05) is 13.2 Å². The van der Waals surface area contributed by atoms with E-state index in [4.69, 9.17) is 25.1 Å². The van der Waals surface area contributed by atoms with E-state index in [0.717, 1.165) is 6.92 Å². The second kappa shape index (κ2) is 4.47. The van der Waals surface area contributed by atoms with Gasteiger partial charge in [0, 0.05) is 0 Å². The van der Waals surface area contributed by atoms with Gasteiger partial charge in [0.1, 0.15) is 11.7 Å². The van der Waals surface area contributed by atoms with Gasteiger partial charge in [0.2, 0.25) is 0 Å². The van der Waals surface area contributed by atoms with Gasteiger partial charge in [0.05, 0.1) is 13.2 Å². The number of rotatable bonds is 5. The van der Waals surface area contributed by atoms with Crippen LogP contribution in [0, 0.1) is 0 Å². The van der Waals surface area contributed by atoms with Crippen LogP contribution in [0.2, 0.25) is 0 Å². The van der Waals surface area contributed by atoms with E-state index in [9.17, 15) is 4.57 Å². The molecule has 80 valence electrons. The van der Waals surface area contributed by atoms with Crippen molar-refractivity contribution in [3.05, 3.63) is 0 Å². The molecule has 0 rings (SSSR count). The molecule has 0 aliphatic rings. The molecule has 0 heterocycles. The summed E-state index contributed by atoms with van der Waals surface area (Å²) in [5, 5.41) is 26.3. The van der Waals surface area contributed by atoms with Crippen molar-refractivity contribution in [1.29, 1.82) is 0 Å². The first-order valence-electron chi connectivity index (χ1n) is 3.41. The standard InChI is InChI=1S/C5H13O7P/c1-5(3-7,4(8)2-6)12-13(9,10)11/h4,6-8H,2-3H2,1H3,(H2,9,10,11). The number of aliphatic hydroxyl groups is 3. The maximum absolute atomic E-state index is 10.4. The third-order valence-electron chi connectivity index (χ3n) is 1.52. The molecule has 0 spiro atoms. The summed E-state index contributed by atoms with van der Waals surface area (Å²) in [5.41, 5.74) is -1.87. The van der Waals surface area contributed by atoms with E-state index in [2.05, 4.69) is 4.52 Å². The first kappa shape index (κ1) is 13.0. The van der Waals surface area contributed by atoms with Crippen molar-refractivity contribution in [2.45, 2.75) is 18.6 Å². The van der Waals surface area contributed by atoms with Crippen LogP contribution in [0.5, 0.6) is 0 Å². The largest absolute Gasteiger partial charge is 0.470 e. The quantitative estimate of drug-likeness (QED) is 0.343. The maximum Gasteiger partial charge on any atom is 0.470 e. The van der Waals surface area contributed by atoms with Crippen molar-refractivity contribution >= 4 is 7.82 Å². The molecule has 0 bridgehead atoms. The highest BCUT2D eigenvalue weighted by Crippen LogP contribution is 2.42. The summed E-state index contributed by atoms with van der Waals surface area (Å²) in [6.45, 7) is -0.510. The summed E-state index contributed by atoms with van der Waals surface area (Å²) in [7, 11) is -4.80. The number of phosphoric acid groups is 1. The Morgan fingerprint density at radius 3 is 2.15 bits per heavy atom. The predicted molar refractivity (Wildman–Crippen MR) is 41.7 cm³/mol. The fourth-order valence-corrected chi connectivity index (χ4v) is 1.38. The van der Waals surface area contributed by atoms with Gasteiger partial charge in [0.25, 0.3) is 0 Å². The molecule has 0 radical (unpaired) electrons. The Morgan fingerprint density at radius 1 is 1.46 bits per heavy atom. The molecule has 0 aliphatic carbocycles. The highest BCUT2D eigenvalue weighted by Gasteiger charge is 2.39. The monoisotopic (exact) mass is 216 g/mol. The Hall–Kier alpha value is -0.0100. The molecule has 7 nitrogen and oxygen atoms in total. The molecular weight excluding hydrogens is 203 g/mol. The number of hydrogen-bond donors (Lipinski definition) is 5. The summed E-state index contributed by atoms with van der Waals surface area (Å²) in [5.74, 6) is 0. The van der Waals surface area contributed by atoms with E-state index in [1.54, 1.807) is 0 Å². The Balaban J connectivity index is 4.55. The highest BCUT2D eigenvalue weighted by atomic mass is 31.2. The zero-order valence-electron chi connectivity index (χ0n) is 6.99. The van der Waals surface area contributed by atoms with Crippen LogP contribution in [-0.2, 0) is 9.09 Å². The van der Waals surface area contributed by atoms with Crippen LogP contribution in [0.15, 0.2) is 0 Å². The van der Waals surface area contributed by atoms with Gasteiger partial charge >= 0.3 is 7.82 Å². The Kier molecular flexibility index (Phi) is 4.47. The van der Waals surface area contributed by atoms with Crippen LogP contribution in [0.25, 0.3) is 0 Å². The van der Waals surface area contributed by atoms with E-state index < -0.39 is 32.7 Å². The molecule has 0 aromatic carbocycles. The van der Waals surface area contributed by atoms with E-state index in [0.29, 0.717) is 0 Å². The smallest absolute Gasteiger partial charge is 0.394 e.